The van der Waals surface area contributed by atoms with Crippen LogP contribution in [0.5, 0.6) is 0 Å². The van der Waals surface area contributed by atoms with Crippen molar-refractivity contribution in [2.24, 2.45) is 0 Å². The molecule has 0 aromatic heterocycles. The first-order valence-electron chi connectivity index (χ1n) is 5.28. The van der Waals surface area contributed by atoms with E-state index in [1.165, 1.54) is 19.2 Å². The molecule has 0 saturated carbocycles. The van der Waals surface area contributed by atoms with Gasteiger partial charge in [0, 0.05) is 23.8 Å². The van der Waals surface area contributed by atoms with Crippen molar-refractivity contribution in [1.82, 2.24) is 4.31 Å². The summed E-state index contributed by atoms with van der Waals surface area (Å²) < 4.78 is 26.2. The van der Waals surface area contributed by atoms with Gasteiger partial charge >= 0.3 is 0 Å². The van der Waals surface area contributed by atoms with E-state index in [0.29, 0.717) is 10.2 Å². The minimum atomic E-state index is -3.64. The van der Waals surface area contributed by atoms with Gasteiger partial charge in [-0.05, 0) is 48.0 Å². The van der Waals surface area contributed by atoms with Crippen LogP contribution in [0.2, 0.25) is 0 Å². The quantitative estimate of drug-likeness (QED) is 0.814. The summed E-state index contributed by atoms with van der Waals surface area (Å²) in [6.45, 7) is 3.11. The summed E-state index contributed by atoms with van der Waals surface area (Å²) in [7, 11) is -2.22. The van der Waals surface area contributed by atoms with E-state index in [9.17, 15) is 13.5 Å². The van der Waals surface area contributed by atoms with Crippen molar-refractivity contribution in [3.8, 4) is 0 Å². The van der Waals surface area contributed by atoms with E-state index in [4.69, 9.17) is 5.73 Å². The number of hydrogen-bond donors (Lipinski definition) is 2. The number of rotatable bonds is 4. The molecule has 0 unspecified atom stereocenters. The third-order valence-corrected chi connectivity index (χ3v) is 4.81. The van der Waals surface area contributed by atoms with Gasteiger partial charge in [-0.15, -0.1) is 0 Å². The predicted molar refractivity (Wildman–Crippen MR) is 74.7 cm³/mol. The molecule has 0 saturated heterocycles. The molecule has 0 spiro atoms. The second-order valence-corrected chi connectivity index (χ2v) is 7.66. The van der Waals surface area contributed by atoms with Crippen LogP contribution >= 0.6 is 15.9 Å². The van der Waals surface area contributed by atoms with Crippen LogP contribution in [0.4, 0.5) is 5.69 Å². The molecule has 18 heavy (non-hydrogen) atoms. The molecule has 0 amide bonds. The average molecular weight is 337 g/mol. The second-order valence-electron chi connectivity index (χ2n) is 4.76. The van der Waals surface area contributed by atoms with Crippen LogP contribution in [0.1, 0.15) is 13.8 Å². The van der Waals surface area contributed by atoms with E-state index >= 15 is 0 Å². The van der Waals surface area contributed by atoms with Crippen LogP contribution in [-0.2, 0) is 10.0 Å². The minimum Gasteiger partial charge on any atom is -0.398 e. The predicted octanol–water partition coefficient (Wildman–Crippen LogP) is 1.42. The molecule has 1 aromatic carbocycles. The molecule has 0 aliphatic carbocycles. The average Bonchev–Trinajstić information content (AvgIpc) is 2.19. The first kappa shape index (κ1) is 15.4. The first-order valence-corrected chi connectivity index (χ1v) is 7.51. The Balaban J connectivity index is 3.10. The third kappa shape index (κ3) is 3.68. The Morgan fingerprint density at radius 1 is 1.44 bits per heavy atom. The molecule has 5 nitrogen and oxygen atoms in total. The molecule has 7 heteroatoms. The summed E-state index contributed by atoms with van der Waals surface area (Å²) in [5.74, 6) is 0. The van der Waals surface area contributed by atoms with Gasteiger partial charge in [0.2, 0.25) is 10.0 Å². The zero-order valence-electron chi connectivity index (χ0n) is 10.5. The number of nitrogen functional groups attached to an aromatic ring is 1. The molecular formula is C11H17BrN2O3S. The summed E-state index contributed by atoms with van der Waals surface area (Å²) in [5, 5.41) is 9.66. The number of halogens is 1. The van der Waals surface area contributed by atoms with Crippen LogP contribution < -0.4 is 5.73 Å². The van der Waals surface area contributed by atoms with Gasteiger partial charge in [-0.1, -0.05) is 0 Å². The first-order chi connectivity index (χ1) is 8.04. The van der Waals surface area contributed by atoms with Crippen molar-refractivity contribution < 1.29 is 13.5 Å². The number of hydrogen-bond acceptors (Lipinski definition) is 4. The number of nitrogens with two attached hydrogens (primary N) is 1. The number of aliphatic hydroxyl groups is 1. The highest BCUT2D eigenvalue weighted by atomic mass is 79.9. The smallest absolute Gasteiger partial charge is 0.242 e. The number of likely N-dealkylation sites (N-methyl/N-ethyl adjacent to an activating group) is 1. The molecule has 0 heterocycles. The Kier molecular flexibility index (Phi) is 4.42. The molecule has 3 N–H and O–H groups in total. The standard InChI is InChI=1S/C11H17BrN2O3S/c1-11(2,15)7-14(3)18(16,17)8-4-5-9(12)10(13)6-8/h4-6,15H,7,13H2,1-3H3. The SMILES string of the molecule is CN(CC(C)(C)O)S(=O)(=O)c1ccc(Br)c(N)c1. The van der Waals surface area contributed by atoms with E-state index in [0.717, 1.165) is 4.31 Å². The summed E-state index contributed by atoms with van der Waals surface area (Å²) in [4.78, 5) is 0.106. The summed E-state index contributed by atoms with van der Waals surface area (Å²) in [6, 6.07) is 4.44. The molecule has 102 valence electrons. The van der Waals surface area contributed by atoms with Gasteiger partial charge in [-0.25, -0.2) is 8.42 Å². The van der Waals surface area contributed by atoms with Crippen molar-refractivity contribution in [2.75, 3.05) is 19.3 Å². The lowest BCUT2D eigenvalue weighted by atomic mass is 10.1. The maximum Gasteiger partial charge on any atom is 0.242 e. The fourth-order valence-corrected chi connectivity index (χ4v) is 3.10. The second kappa shape index (κ2) is 5.16. The lowest BCUT2D eigenvalue weighted by Gasteiger charge is -2.25. The van der Waals surface area contributed by atoms with Crippen molar-refractivity contribution in [1.29, 1.82) is 0 Å². The number of anilines is 1. The molecule has 0 aliphatic heterocycles. The summed E-state index contributed by atoms with van der Waals surface area (Å²) in [6.07, 6.45) is 0. The van der Waals surface area contributed by atoms with Crippen LogP contribution in [0.3, 0.4) is 0 Å². The number of nitrogens with zero attached hydrogens (tertiary/aromatic N) is 1. The Morgan fingerprint density at radius 3 is 2.44 bits per heavy atom. The molecule has 0 radical (unpaired) electrons. The summed E-state index contributed by atoms with van der Waals surface area (Å²) in [5.41, 5.74) is 4.93. The maximum atomic E-state index is 12.2. The molecule has 0 fully saturated rings. The highest BCUT2D eigenvalue weighted by Gasteiger charge is 2.26. The minimum absolute atomic E-state index is 0.00526. The monoisotopic (exact) mass is 336 g/mol. The highest BCUT2D eigenvalue weighted by molar-refractivity contribution is 9.10. The Hall–Kier alpha value is -0.630. The van der Waals surface area contributed by atoms with Crippen molar-refractivity contribution >= 4 is 31.6 Å². The molecule has 1 rings (SSSR count). The van der Waals surface area contributed by atoms with Crippen LogP contribution in [0.15, 0.2) is 27.6 Å². The lowest BCUT2D eigenvalue weighted by molar-refractivity contribution is 0.0640. The van der Waals surface area contributed by atoms with Gasteiger partial charge in [-0.3, -0.25) is 0 Å². The molecule has 0 atom stereocenters. The topological polar surface area (TPSA) is 83.6 Å². The zero-order valence-corrected chi connectivity index (χ0v) is 12.9. The fraction of sp³-hybridized carbons (Fsp3) is 0.455. The zero-order chi connectivity index (χ0) is 14.1. The van der Waals surface area contributed by atoms with Gasteiger partial charge in [0.05, 0.1) is 10.5 Å². The third-order valence-electron chi connectivity index (χ3n) is 2.29. The van der Waals surface area contributed by atoms with Crippen LogP contribution in [-0.4, -0.2) is 37.0 Å². The van der Waals surface area contributed by atoms with Gasteiger partial charge in [0.15, 0.2) is 0 Å². The molecule has 0 bridgehead atoms. The van der Waals surface area contributed by atoms with Crippen molar-refractivity contribution in [3.63, 3.8) is 0 Å². The van der Waals surface area contributed by atoms with Crippen molar-refractivity contribution in [3.05, 3.63) is 22.7 Å². The molecular weight excluding hydrogens is 320 g/mol. The number of sulfonamides is 1. The normalized spacial score (nSPS) is 13.0. The van der Waals surface area contributed by atoms with E-state index in [2.05, 4.69) is 15.9 Å². The van der Waals surface area contributed by atoms with Gasteiger partial charge < -0.3 is 10.8 Å². The molecule has 1 aromatic rings. The lowest BCUT2D eigenvalue weighted by Crippen LogP contribution is -2.39. The van der Waals surface area contributed by atoms with Gasteiger partial charge in [0.25, 0.3) is 0 Å². The molecule has 0 aliphatic rings. The van der Waals surface area contributed by atoms with E-state index in [-0.39, 0.29) is 11.4 Å². The Labute approximate surface area is 116 Å². The van der Waals surface area contributed by atoms with E-state index < -0.39 is 15.6 Å². The maximum absolute atomic E-state index is 12.2. The number of benzene rings is 1. The Morgan fingerprint density at radius 2 is 2.00 bits per heavy atom. The summed E-state index contributed by atoms with van der Waals surface area (Å²) >= 11 is 3.21. The van der Waals surface area contributed by atoms with Crippen molar-refractivity contribution in [2.45, 2.75) is 24.3 Å². The van der Waals surface area contributed by atoms with Crippen LogP contribution in [0, 0.1) is 0 Å². The Bertz CT molecular complexity index is 538. The highest BCUT2D eigenvalue weighted by Crippen LogP contribution is 2.24. The largest absolute Gasteiger partial charge is 0.398 e. The van der Waals surface area contributed by atoms with Gasteiger partial charge in [0.1, 0.15) is 0 Å². The van der Waals surface area contributed by atoms with E-state index in [1.807, 2.05) is 0 Å². The van der Waals surface area contributed by atoms with E-state index in [1.54, 1.807) is 19.9 Å². The van der Waals surface area contributed by atoms with Crippen LogP contribution in [0.25, 0.3) is 0 Å². The van der Waals surface area contributed by atoms with Gasteiger partial charge in [-0.2, -0.15) is 4.31 Å². The fourth-order valence-electron chi connectivity index (χ4n) is 1.49.